The van der Waals surface area contributed by atoms with E-state index in [4.69, 9.17) is 4.42 Å². The smallest absolute Gasteiger partial charge is 0.270 e. The zero-order valence-electron chi connectivity index (χ0n) is 11.6. The van der Waals surface area contributed by atoms with Gasteiger partial charge in [-0.1, -0.05) is 0 Å². The van der Waals surface area contributed by atoms with Crippen molar-refractivity contribution in [3.63, 3.8) is 0 Å². The van der Waals surface area contributed by atoms with Gasteiger partial charge in [-0.2, -0.15) is 0 Å². The average molecular weight is 364 g/mol. The molecule has 0 spiro atoms. The van der Waals surface area contributed by atoms with Crippen LogP contribution in [0, 0.1) is 0 Å². The molecule has 0 aliphatic rings. The van der Waals surface area contributed by atoms with Gasteiger partial charge in [0, 0.05) is 6.20 Å². The highest BCUT2D eigenvalue weighted by Crippen LogP contribution is 2.17. The standard InChI is InChI=1S/C15H14BrN3O3/c16-12-2-1-4-19-13(7-17-14(12)19)15(21)18-11(8-20)6-10-3-5-22-9-10/h1-5,7,9,11,20H,6,8H2,(H,18,21). The highest BCUT2D eigenvalue weighted by molar-refractivity contribution is 9.10. The van der Waals surface area contributed by atoms with Crippen LogP contribution in [0.25, 0.3) is 5.65 Å². The van der Waals surface area contributed by atoms with Gasteiger partial charge in [-0.15, -0.1) is 0 Å². The summed E-state index contributed by atoms with van der Waals surface area (Å²) in [5.74, 6) is -0.284. The largest absolute Gasteiger partial charge is 0.472 e. The van der Waals surface area contributed by atoms with Gasteiger partial charge in [0.15, 0.2) is 5.65 Å². The molecule has 0 radical (unpaired) electrons. The maximum absolute atomic E-state index is 12.4. The maximum Gasteiger partial charge on any atom is 0.270 e. The molecule has 3 heterocycles. The van der Waals surface area contributed by atoms with Gasteiger partial charge in [0.05, 0.1) is 35.8 Å². The van der Waals surface area contributed by atoms with Crippen molar-refractivity contribution in [1.29, 1.82) is 0 Å². The summed E-state index contributed by atoms with van der Waals surface area (Å²) >= 11 is 3.40. The van der Waals surface area contributed by atoms with Crippen LogP contribution >= 0.6 is 15.9 Å². The number of amides is 1. The summed E-state index contributed by atoms with van der Waals surface area (Å²) in [5, 5.41) is 12.3. The molecule has 22 heavy (non-hydrogen) atoms. The van der Waals surface area contributed by atoms with Crippen molar-refractivity contribution in [2.75, 3.05) is 6.61 Å². The molecule has 0 saturated carbocycles. The Hall–Kier alpha value is -2.12. The Morgan fingerprint density at radius 1 is 1.50 bits per heavy atom. The molecule has 0 aliphatic carbocycles. The SMILES string of the molecule is O=C(NC(CO)Cc1ccoc1)c1cnc2c(Br)cccn12. The fraction of sp³-hybridized carbons (Fsp3) is 0.200. The third-order valence-electron chi connectivity index (χ3n) is 3.34. The van der Waals surface area contributed by atoms with E-state index in [1.807, 2.05) is 12.1 Å². The van der Waals surface area contributed by atoms with E-state index in [1.54, 1.807) is 29.2 Å². The molecule has 0 saturated heterocycles. The van der Waals surface area contributed by atoms with Gasteiger partial charge in [0.25, 0.3) is 5.91 Å². The summed E-state index contributed by atoms with van der Waals surface area (Å²) in [6, 6.07) is 5.10. The Morgan fingerprint density at radius 2 is 2.36 bits per heavy atom. The molecule has 7 heteroatoms. The molecule has 1 amide bonds. The van der Waals surface area contributed by atoms with Crippen LogP contribution in [0.2, 0.25) is 0 Å². The number of hydrogen-bond acceptors (Lipinski definition) is 4. The zero-order valence-corrected chi connectivity index (χ0v) is 13.2. The van der Waals surface area contributed by atoms with Crippen LogP contribution in [0.4, 0.5) is 0 Å². The van der Waals surface area contributed by atoms with Crippen molar-refractivity contribution in [2.45, 2.75) is 12.5 Å². The predicted molar refractivity (Wildman–Crippen MR) is 83.6 cm³/mol. The maximum atomic E-state index is 12.4. The number of aliphatic hydroxyl groups is 1. The van der Waals surface area contributed by atoms with Gasteiger partial charge in [-0.3, -0.25) is 9.20 Å². The Bertz CT molecular complexity index is 783. The normalized spacial score (nSPS) is 12.5. The van der Waals surface area contributed by atoms with Crippen molar-refractivity contribution < 1.29 is 14.3 Å². The molecule has 3 rings (SSSR count). The quantitative estimate of drug-likeness (QED) is 0.726. The van der Waals surface area contributed by atoms with Crippen LogP contribution in [0.1, 0.15) is 16.1 Å². The third-order valence-corrected chi connectivity index (χ3v) is 3.96. The van der Waals surface area contributed by atoms with Crippen LogP contribution in [-0.2, 0) is 6.42 Å². The van der Waals surface area contributed by atoms with Crippen molar-refractivity contribution in [3.05, 3.63) is 58.8 Å². The monoisotopic (exact) mass is 363 g/mol. The fourth-order valence-electron chi connectivity index (χ4n) is 2.26. The second kappa shape index (κ2) is 6.33. The Kier molecular flexibility index (Phi) is 4.26. The number of aliphatic hydroxyl groups excluding tert-OH is 1. The molecule has 0 aliphatic heterocycles. The number of halogens is 1. The first-order valence-electron chi connectivity index (χ1n) is 6.73. The number of pyridine rings is 1. The molecule has 0 fully saturated rings. The molecule has 3 aromatic rings. The highest BCUT2D eigenvalue weighted by Gasteiger charge is 2.18. The fourth-order valence-corrected chi connectivity index (χ4v) is 2.70. The number of imidazole rings is 1. The minimum atomic E-state index is -0.386. The minimum absolute atomic E-state index is 0.155. The topological polar surface area (TPSA) is 79.8 Å². The number of nitrogens with one attached hydrogen (secondary N) is 1. The van der Waals surface area contributed by atoms with Crippen molar-refractivity contribution >= 4 is 27.5 Å². The molecule has 114 valence electrons. The second-order valence-electron chi connectivity index (χ2n) is 4.88. The number of aromatic nitrogens is 2. The lowest BCUT2D eigenvalue weighted by molar-refractivity contribution is 0.0910. The predicted octanol–water partition coefficient (Wildman–Crippen LogP) is 2.02. The number of carbonyl (C=O) groups is 1. The molecule has 3 aromatic heterocycles. The lowest BCUT2D eigenvalue weighted by atomic mass is 10.1. The van der Waals surface area contributed by atoms with Crippen molar-refractivity contribution in [3.8, 4) is 0 Å². The lowest BCUT2D eigenvalue weighted by Crippen LogP contribution is -2.39. The van der Waals surface area contributed by atoms with Gasteiger partial charge in [-0.25, -0.2) is 4.98 Å². The Labute approximate surface area is 134 Å². The molecule has 2 N–H and O–H groups in total. The zero-order chi connectivity index (χ0) is 15.5. The number of fused-ring (bicyclic) bond motifs is 1. The molecule has 1 unspecified atom stereocenters. The third kappa shape index (κ3) is 2.90. The summed E-state index contributed by atoms with van der Waals surface area (Å²) in [7, 11) is 0. The van der Waals surface area contributed by atoms with Crippen molar-refractivity contribution in [2.24, 2.45) is 0 Å². The van der Waals surface area contributed by atoms with E-state index in [1.165, 1.54) is 6.20 Å². The molecule has 0 bridgehead atoms. The van der Waals surface area contributed by atoms with Crippen LogP contribution in [0.5, 0.6) is 0 Å². The summed E-state index contributed by atoms with van der Waals surface area (Å²) in [4.78, 5) is 16.6. The summed E-state index contributed by atoms with van der Waals surface area (Å²) in [6.07, 6.45) is 6.95. The Balaban J connectivity index is 1.79. The van der Waals surface area contributed by atoms with E-state index in [-0.39, 0.29) is 18.6 Å². The van der Waals surface area contributed by atoms with E-state index in [0.717, 1.165) is 10.0 Å². The lowest BCUT2D eigenvalue weighted by Gasteiger charge is -2.15. The van der Waals surface area contributed by atoms with E-state index in [2.05, 4.69) is 26.2 Å². The molecule has 0 aromatic carbocycles. The van der Waals surface area contributed by atoms with Crippen molar-refractivity contribution in [1.82, 2.24) is 14.7 Å². The van der Waals surface area contributed by atoms with E-state index >= 15 is 0 Å². The minimum Gasteiger partial charge on any atom is -0.472 e. The van der Waals surface area contributed by atoms with Gasteiger partial charge < -0.3 is 14.8 Å². The summed E-state index contributed by atoms with van der Waals surface area (Å²) < 4.78 is 7.51. The number of nitrogens with zero attached hydrogens (tertiary/aromatic N) is 2. The number of furan rings is 1. The van der Waals surface area contributed by atoms with Gasteiger partial charge >= 0.3 is 0 Å². The van der Waals surface area contributed by atoms with Crippen LogP contribution in [0.3, 0.4) is 0 Å². The molecular formula is C15H14BrN3O3. The first kappa shape index (κ1) is 14.8. The van der Waals surface area contributed by atoms with E-state index in [9.17, 15) is 9.90 Å². The average Bonchev–Trinajstić information content (AvgIpc) is 3.16. The van der Waals surface area contributed by atoms with Gasteiger partial charge in [0.1, 0.15) is 5.69 Å². The number of rotatable bonds is 5. The summed E-state index contributed by atoms with van der Waals surface area (Å²) in [6.45, 7) is -0.155. The molecular weight excluding hydrogens is 350 g/mol. The van der Waals surface area contributed by atoms with Crippen LogP contribution in [0.15, 0.2) is 52.0 Å². The molecule has 1 atom stereocenters. The van der Waals surface area contributed by atoms with E-state index in [0.29, 0.717) is 17.8 Å². The number of hydrogen-bond donors (Lipinski definition) is 2. The van der Waals surface area contributed by atoms with Crippen LogP contribution < -0.4 is 5.32 Å². The first-order chi connectivity index (χ1) is 10.7. The van der Waals surface area contributed by atoms with Crippen LogP contribution in [-0.4, -0.2) is 33.0 Å². The summed E-state index contributed by atoms with van der Waals surface area (Å²) in [5.41, 5.74) is 2.00. The second-order valence-corrected chi connectivity index (χ2v) is 5.74. The first-order valence-corrected chi connectivity index (χ1v) is 7.52. The van der Waals surface area contributed by atoms with Gasteiger partial charge in [0.2, 0.25) is 0 Å². The van der Waals surface area contributed by atoms with Gasteiger partial charge in [-0.05, 0) is 46.1 Å². The molecule has 6 nitrogen and oxygen atoms in total. The van der Waals surface area contributed by atoms with E-state index < -0.39 is 0 Å². The highest BCUT2D eigenvalue weighted by atomic mass is 79.9. The number of carbonyl (C=O) groups excluding carboxylic acids is 1. The Morgan fingerprint density at radius 3 is 3.09 bits per heavy atom.